The van der Waals surface area contributed by atoms with E-state index in [1.165, 1.54) is 0 Å². The first-order chi connectivity index (χ1) is 12.6. The maximum Gasteiger partial charge on any atom is 0.224 e. The molecule has 0 fully saturated rings. The van der Waals surface area contributed by atoms with E-state index in [-0.39, 0.29) is 5.91 Å². The van der Waals surface area contributed by atoms with E-state index in [0.29, 0.717) is 28.6 Å². The first-order valence-electron chi connectivity index (χ1n) is 8.17. The van der Waals surface area contributed by atoms with E-state index in [4.69, 9.17) is 27.9 Å². The lowest BCUT2D eigenvalue weighted by molar-refractivity contribution is -0.116. The van der Waals surface area contributed by atoms with Crippen LogP contribution in [0.5, 0.6) is 11.5 Å². The normalized spacial score (nSPS) is 10.4. The molecular formula is C21H17Cl2NO2. The molecule has 0 radical (unpaired) electrons. The van der Waals surface area contributed by atoms with E-state index >= 15 is 0 Å². The molecule has 3 aromatic rings. The van der Waals surface area contributed by atoms with Crippen LogP contribution in [0.3, 0.4) is 0 Å². The summed E-state index contributed by atoms with van der Waals surface area (Å²) in [5.74, 6) is 1.42. The van der Waals surface area contributed by atoms with E-state index in [1.54, 1.807) is 12.1 Å². The Bertz CT molecular complexity index is 880. The third-order valence-electron chi connectivity index (χ3n) is 3.74. The highest BCUT2D eigenvalue weighted by atomic mass is 35.5. The fourth-order valence-electron chi connectivity index (χ4n) is 2.41. The lowest BCUT2D eigenvalue weighted by atomic mass is 10.1. The summed E-state index contributed by atoms with van der Waals surface area (Å²) in [6.45, 7) is 0. The van der Waals surface area contributed by atoms with Crippen LogP contribution < -0.4 is 10.1 Å². The minimum atomic E-state index is -0.0622. The number of amides is 1. The number of ether oxygens (including phenoxy) is 1. The highest BCUT2D eigenvalue weighted by molar-refractivity contribution is 6.42. The summed E-state index contributed by atoms with van der Waals surface area (Å²) in [4.78, 5) is 12.1. The van der Waals surface area contributed by atoms with E-state index < -0.39 is 0 Å². The van der Waals surface area contributed by atoms with Gasteiger partial charge in [-0.05, 0) is 60.5 Å². The van der Waals surface area contributed by atoms with Crippen molar-refractivity contribution in [3.63, 3.8) is 0 Å². The Kier molecular flexibility index (Phi) is 6.16. The molecule has 3 aromatic carbocycles. The summed E-state index contributed by atoms with van der Waals surface area (Å²) < 4.78 is 5.73. The monoisotopic (exact) mass is 385 g/mol. The average molecular weight is 386 g/mol. The van der Waals surface area contributed by atoms with Crippen molar-refractivity contribution in [2.45, 2.75) is 12.8 Å². The Morgan fingerprint density at radius 3 is 2.23 bits per heavy atom. The number of hydrogen-bond acceptors (Lipinski definition) is 2. The summed E-state index contributed by atoms with van der Waals surface area (Å²) in [7, 11) is 0. The minimum Gasteiger partial charge on any atom is -0.457 e. The van der Waals surface area contributed by atoms with Crippen molar-refractivity contribution < 1.29 is 9.53 Å². The number of rotatable bonds is 6. The van der Waals surface area contributed by atoms with Crippen molar-refractivity contribution in [3.8, 4) is 11.5 Å². The van der Waals surface area contributed by atoms with Gasteiger partial charge in [-0.3, -0.25) is 4.79 Å². The van der Waals surface area contributed by atoms with Gasteiger partial charge in [0.1, 0.15) is 11.5 Å². The second kappa shape index (κ2) is 8.75. The molecule has 0 aromatic heterocycles. The van der Waals surface area contributed by atoms with Crippen molar-refractivity contribution in [1.29, 1.82) is 0 Å². The van der Waals surface area contributed by atoms with Crippen LogP contribution in [0.15, 0.2) is 72.8 Å². The highest BCUT2D eigenvalue weighted by Gasteiger charge is 2.06. The van der Waals surface area contributed by atoms with Gasteiger partial charge in [-0.1, -0.05) is 47.5 Å². The van der Waals surface area contributed by atoms with Crippen LogP contribution in [0.25, 0.3) is 0 Å². The smallest absolute Gasteiger partial charge is 0.224 e. The van der Waals surface area contributed by atoms with Gasteiger partial charge in [-0.25, -0.2) is 0 Å². The van der Waals surface area contributed by atoms with Crippen LogP contribution in [0.1, 0.15) is 12.0 Å². The van der Waals surface area contributed by atoms with Gasteiger partial charge >= 0.3 is 0 Å². The number of hydrogen-bond donors (Lipinski definition) is 1. The summed E-state index contributed by atoms with van der Waals surface area (Å²) >= 11 is 11.9. The van der Waals surface area contributed by atoms with Crippen LogP contribution >= 0.6 is 23.2 Å². The molecule has 0 saturated carbocycles. The van der Waals surface area contributed by atoms with Crippen LogP contribution in [-0.4, -0.2) is 5.91 Å². The minimum absolute atomic E-state index is 0.0622. The Hall–Kier alpha value is -2.49. The second-order valence-electron chi connectivity index (χ2n) is 5.74. The van der Waals surface area contributed by atoms with Crippen LogP contribution in [-0.2, 0) is 11.2 Å². The second-order valence-corrected chi connectivity index (χ2v) is 6.55. The molecule has 0 spiro atoms. The molecule has 5 heteroatoms. The van der Waals surface area contributed by atoms with Gasteiger partial charge in [-0.15, -0.1) is 0 Å². The van der Waals surface area contributed by atoms with Gasteiger partial charge in [0.15, 0.2) is 0 Å². The van der Waals surface area contributed by atoms with Crippen molar-refractivity contribution in [2.24, 2.45) is 0 Å². The molecule has 3 rings (SSSR count). The summed E-state index contributed by atoms with van der Waals surface area (Å²) in [6.07, 6.45) is 0.957. The van der Waals surface area contributed by atoms with Gasteiger partial charge in [0.05, 0.1) is 10.0 Å². The van der Waals surface area contributed by atoms with Crippen molar-refractivity contribution >= 4 is 34.8 Å². The number of carbonyl (C=O) groups excluding carboxylic acids is 1. The van der Waals surface area contributed by atoms with Crippen LogP contribution in [0.4, 0.5) is 5.69 Å². The lowest BCUT2D eigenvalue weighted by Crippen LogP contribution is -2.12. The fraction of sp³-hybridized carbons (Fsp3) is 0.0952. The fourth-order valence-corrected chi connectivity index (χ4v) is 2.73. The van der Waals surface area contributed by atoms with Gasteiger partial charge in [0.2, 0.25) is 5.91 Å². The number of carbonyl (C=O) groups is 1. The first-order valence-corrected chi connectivity index (χ1v) is 8.92. The van der Waals surface area contributed by atoms with Gasteiger partial charge in [-0.2, -0.15) is 0 Å². The predicted octanol–water partition coefficient (Wildman–Crippen LogP) is 6.36. The van der Waals surface area contributed by atoms with Gasteiger partial charge < -0.3 is 10.1 Å². The zero-order valence-electron chi connectivity index (χ0n) is 13.9. The Morgan fingerprint density at radius 2 is 1.54 bits per heavy atom. The van der Waals surface area contributed by atoms with E-state index in [0.717, 1.165) is 17.0 Å². The van der Waals surface area contributed by atoms with Crippen molar-refractivity contribution in [3.05, 3.63) is 88.4 Å². The topological polar surface area (TPSA) is 38.3 Å². The molecule has 0 unspecified atom stereocenters. The van der Waals surface area contributed by atoms with Crippen molar-refractivity contribution in [1.82, 2.24) is 0 Å². The van der Waals surface area contributed by atoms with Crippen LogP contribution in [0, 0.1) is 0 Å². The third-order valence-corrected chi connectivity index (χ3v) is 4.48. The molecule has 0 heterocycles. The maximum atomic E-state index is 12.1. The molecule has 26 heavy (non-hydrogen) atoms. The molecule has 0 atom stereocenters. The summed E-state index contributed by atoms with van der Waals surface area (Å²) in [5.41, 5.74) is 1.70. The zero-order valence-corrected chi connectivity index (χ0v) is 15.4. The molecule has 3 nitrogen and oxygen atoms in total. The molecule has 0 saturated heterocycles. The molecule has 1 amide bonds. The van der Waals surface area contributed by atoms with Crippen LogP contribution in [0.2, 0.25) is 10.0 Å². The molecule has 0 aliphatic rings. The summed E-state index contributed by atoms with van der Waals surface area (Å²) in [6, 6.07) is 22.2. The largest absolute Gasteiger partial charge is 0.457 e. The number of halogens is 2. The Morgan fingerprint density at radius 1 is 0.846 bits per heavy atom. The number of aryl methyl sites for hydroxylation is 1. The zero-order chi connectivity index (χ0) is 18.4. The molecule has 0 bridgehead atoms. The molecule has 0 aliphatic heterocycles. The molecule has 1 N–H and O–H groups in total. The first kappa shape index (κ1) is 18.3. The number of anilines is 1. The predicted molar refractivity (Wildman–Crippen MR) is 106 cm³/mol. The Labute approximate surface area is 162 Å². The van der Waals surface area contributed by atoms with E-state index in [1.807, 2.05) is 60.7 Å². The van der Waals surface area contributed by atoms with Gasteiger partial charge in [0.25, 0.3) is 0 Å². The maximum absolute atomic E-state index is 12.1. The van der Waals surface area contributed by atoms with E-state index in [2.05, 4.69) is 5.32 Å². The summed E-state index contributed by atoms with van der Waals surface area (Å²) in [5, 5.41) is 3.89. The third kappa shape index (κ3) is 5.25. The Balaban J connectivity index is 1.51. The van der Waals surface area contributed by atoms with E-state index in [9.17, 15) is 4.79 Å². The number of nitrogens with one attached hydrogen (secondary N) is 1. The standard InChI is InChI=1S/C21H17Cl2NO2/c22-19-12-6-15(14-20(19)23)7-13-21(25)24-16-8-10-18(11-9-16)26-17-4-2-1-3-5-17/h1-6,8-12,14H,7,13H2,(H,24,25). The lowest BCUT2D eigenvalue weighted by Gasteiger charge is -2.08. The highest BCUT2D eigenvalue weighted by Crippen LogP contribution is 2.24. The number of para-hydroxylation sites is 1. The van der Waals surface area contributed by atoms with Gasteiger partial charge in [0, 0.05) is 12.1 Å². The molecular weight excluding hydrogens is 369 g/mol. The SMILES string of the molecule is O=C(CCc1ccc(Cl)c(Cl)c1)Nc1ccc(Oc2ccccc2)cc1. The molecule has 132 valence electrons. The number of benzene rings is 3. The molecule has 0 aliphatic carbocycles. The average Bonchev–Trinajstić information content (AvgIpc) is 2.65. The van der Waals surface area contributed by atoms with Crippen molar-refractivity contribution in [2.75, 3.05) is 5.32 Å². The quantitative estimate of drug-likeness (QED) is 0.536.